The summed E-state index contributed by atoms with van der Waals surface area (Å²) < 4.78 is 51.8. The third-order valence-corrected chi connectivity index (χ3v) is 7.88. The van der Waals surface area contributed by atoms with E-state index >= 15 is 0 Å². The van der Waals surface area contributed by atoms with Crippen LogP contribution in [-0.2, 0) is 17.3 Å². The highest BCUT2D eigenvalue weighted by Crippen LogP contribution is 2.47. The summed E-state index contributed by atoms with van der Waals surface area (Å²) in [5.41, 5.74) is 2.13. The highest BCUT2D eigenvalue weighted by molar-refractivity contribution is 5.71. The molecule has 0 saturated carbocycles. The van der Waals surface area contributed by atoms with Crippen molar-refractivity contribution < 1.29 is 27.4 Å². The molecule has 0 aromatic heterocycles. The van der Waals surface area contributed by atoms with Crippen molar-refractivity contribution in [2.45, 2.75) is 58.4 Å². The second-order valence-electron chi connectivity index (χ2n) is 10.9. The summed E-state index contributed by atoms with van der Waals surface area (Å²) in [6.45, 7) is 9.15. The summed E-state index contributed by atoms with van der Waals surface area (Å²) in [5.74, 6) is 0.624. The maximum atomic E-state index is 13.5. The predicted octanol–water partition coefficient (Wildman–Crippen LogP) is 6.21. The third kappa shape index (κ3) is 4.92. The maximum absolute atomic E-state index is 13.5. The fraction of sp³-hybridized carbons (Fsp3) is 0.536. The molecule has 1 aliphatic carbocycles. The number of halogens is 3. The Balaban J connectivity index is 1.37. The molecular weight excluding hydrogens is 469 g/mol. The van der Waals surface area contributed by atoms with Gasteiger partial charge in [0.1, 0.15) is 11.9 Å². The first-order valence-corrected chi connectivity index (χ1v) is 12.7. The van der Waals surface area contributed by atoms with E-state index in [-0.39, 0.29) is 29.9 Å². The molecule has 3 fully saturated rings. The molecule has 1 N–H and O–H groups in total. The predicted molar refractivity (Wildman–Crippen MR) is 131 cm³/mol. The molecule has 2 aromatic carbocycles. The Bertz CT molecular complexity index is 1140. The number of ether oxygens (including phenoxy) is 2. The minimum atomic E-state index is -4.47. The van der Waals surface area contributed by atoms with E-state index in [9.17, 15) is 18.0 Å². The fourth-order valence-electron chi connectivity index (χ4n) is 6.02. The van der Waals surface area contributed by atoms with E-state index in [1.54, 1.807) is 13.0 Å². The first kappa shape index (κ1) is 24.9. The fourth-order valence-corrected chi connectivity index (χ4v) is 6.02. The Morgan fingerprint density at radius 1 is 1.11 bits per heavy atom. The van der Waals surface area contributed by atoms with Gasteiger partial charge < -0.3 is 14.8 Å². The number of carbonyl (C=O) groups is 1. The molecule has 6 rings (SSSR count). The SMILES string of the molecule is CCOc1cc(-c2ccc3c(c2)CC(C)(C)C3NC(=O)O[C@@H]2CN3CCC2CC3)cc(C(F)(F)F)c1. The number of rotatable bonds is 5. The number of nitrogens with zero attached hydrogens (tertiary/aromatic N) is 1. The quantitative estimate of drug-likeness (QED) is 0.528. The molecule has 4 aliphatic rings. The molecule has 2 aromatic rings. The molecule has 0 spiro atoms. The second-order valence-corrected chi connectivity index (χ2v) is 10.9. The van der Waals surface area contributed by atoms with E-state index in [1.165, 1.54) is 0 Å². The van der Waals surface area contributed by atoms with Gasteiger partial charge in [-0.2, -0.15) is 13.2 Å². The largest absolute Gasteiger partial charge is 0.494 e. The van der Waals surface area contributed by atoms with Crippen LogP contribution in [0.4, 0.5) is 18.0 Å². The Morgan fingerprint density at radius 3 is 2.50 bits per heavy atom. The van der Waals surface area contributed by atoms with Crippen LogP contribution in [0, 0.1) is 11.3 Å². The summed E-state index contributed by atoms with van der Waals surface area (Å²) in [4.78, 5) is 15.2. The average Bonchev–Trinajstić information content (AvgIpc) is 3.07. The van der Waals surface area contributed by atoms with E-state index in [1.807, 2.05) is 18.2 Å². The monoisotopic (exact) mass is 502 g/mol. The molecule has 2 atom stereocenters. The van der Waals surface area contributed by atoms with Crippen LogP contribution in [0.25, 0.3) is 11.1 Å². The van der Waals surface area contributed by atoms with Gasteiger partial charge in [-0.05, 0) is 91.1 Å². The lowest BCUT2D eigenvalue weighted by molar-refractivity contribution is -0.137. The van der Waals surface area contributed by atoms with Crippen molar-refractivity contribution in [3.63, 3.8) is 0 Å². The van der Waals surface area contributed by atoms with Crippen LogP contribution < -0.4 is 10.1 Å². The van der Waals surface area contributed by atoms with Gasteiger partial charge in [-0.1, -0.05) is 32.0 Å². The molecule has 5 nitrogen and oxygen atoms in total. The number of benzene rings is 2. The third-order valence-electron chi connectivity index (χ3n) is 7.88. The zero-order valence-corrected chi connectivity index (χ0v) is 21.0. The van der Waals surface area contributed by atoms with Crippen molar-refractivity contribution >= 4 is 6.09 Å². The highest BCUT2D eigenvalue weighted by atomic mass is 19.4. The van der Waals surface area contributed by atoms with Gasteiger partial charge in [-0.15, -0.1) is 0 Å². The first-order chi connectivity index (χ1) is 17.0. The van der Waals surface area contributed by atoms with Crippen molar-refractivity contribution in [3.8, 4) is 16.9 Å². The number of nitrogens with one attached hydrogen (secondary N) is 1. The highest BCUT2D eigenvalue weighted by Gasteiger charge is 2.42. The smallest absolute Gasteiger partial charge is 0.416 e. The summed E-state index contributed by atoms with van der Waals surface area (Å²) in [6, 6.07) is 9.26. The van der Waals surface area contributed by atoms with Gasteiger partial charge in [0, 0.05) is 6.54 Å². The molecule has 2 bridgehead atoms. The number of alkyl halides is 3. The molecular formula is C28H33F3N2O3. The van der Waals surface area contributed by atoms with Crippen molar-refractivity contribution in [2.75, 3.05) is 26.2 Å². The minimum Gasteiger partial charge on any atom is -0.494 e. The Labute approximate surface area is 210 Å². The van der Waals surface area contributed by atoms with E-state index in [4.69, 9.17) is 9.47 Å². The number of fused-ring (bicyclic) bond motifs is 4. The molecule has 8 heteroatoms. The van der Waals surface area contributed by atoms with Crippen LogP contribution >= 0.6 is 0 Å². The standard InChI is InChI=1S/C28H33F3N2O3/c1-4-35-22-13-19(12-21(14-22)28(29,30)31)18-5-6-23-20(11-18)15-27(2,3)25(23)32-26(34)36-24-16-33-9-7-17(24)8-10-33/h5-6,11-14,17,24-25H,4,7-10,15-16H2,1-3H3,(H,32,34)/t24-,25?/m1/s1. The van der Waals surface area contributed by atoms with Crippen LogP contribution in [0.1, 0.15) is 56.3 Å². The molecule has 3 aliphatic heterocycles. The van der Waals surface area contributed by atoms with E-state index in [0.29, 0.717) is 23.5 Å². The number of hydrogen-bond acceptors (Lipinski definition) is 4. The topological polar surface area (TPSA) is 50.8 Å². The van der Waals surface area contributed by atoms with Crippen molar-refractivity contribution in [1.29, 1.82) is 0 Å². The Kier molecular flexibility index (Phi) is 6.43. The molecule has 36 heavy (non-hydrogen) atoms. The van der Waals surface area contributed by atoms with Crippen molar-refractivity contribution in [3.05, 3.63) is 53.1 Å². The summed E-state index contributed by atoms with van der Waals surface area (Å²) in [5, 5.41) is 3.10. The molecule has 3 saturated heterocycles. The maximum Gasteiger partial charge on any atom is 0.416 e. The molecule has 1 unspecified atom stereocenters. The zero-order chi connectivity index (χ0) is 25.7. The van der Waals surface area contributed by atoms with E-state index < -0.39 is 17.8 Å². The van der Waals surface area contributed by atoms with Gasteiger partial charge >= 0.3 is 12.3 Å². The lowest BCUT2D eigenvalue weighted by atomic mass is 9.85. The number of hydrogen-bond donors (Lipinski definition) is 1. The van der Waals surface area contributed by atoms with Crippen LogP contribution in [0.15, 0.2) is 36.4 Å². The van der Waals surface area contributed by atoms with Crippen molar-refractivity contribution in [1.82, 2.24) is 10.2 Å². The first-order valence-electron chi connectivity index (χ1n) is 12.7. The molecule has 3 heterocycles. The molecule has 0 radical (unpaired) electrons. The number of carbonyl (C=O) groups excluding carboxylic acids is 1. The Morgan fingerprint density at radius 2 is 1.86 bits per heavy atom. The van der Waals surface area contributed by atoms with Gasteiger partial charge in [-0.25, -0.2) is 4.79 Å². The van der Waals surface area contributed by atoms with Gasteiger partial charge in [0.05, 0.1) is 18.2 Å². The minimum absolute atomic E-state index is 0.0701. The second kappa shape index (κ2) is 9.29. The lowest BCUT2D eigenvalue weighted by Gasteiger charge is -2.44. The Hall–Kier alpha value is -2.74. The summed E-state index contributed by atoms with van der Waals surface area (Å²) >= 11 is 0. The summed E-state index contributed by atoms with van der Waals surface area (Å²) in [6.07, 6.45) is -2.11. The van der Waals surface area contributed by atoms with Gasteiger partial charge in [0.25, 0.3) is 0 Å². The molecule has 1 amide bonds. The average molecular weight is 503 g/mol. The van der Waals surface area contributed by atoms with E-state index in [0.717, 1.165) is 55.7 Å². The van der Waals surface area contributed by atoms with Gasteiger partial charge in [-0.3, -0.25) is 4.90 Å². The van der Waals surface area contributed by atoms with Crippen molar-refractivity contribution in [2.24, 2.45) is 11.3 Å². The van der Waals surface area contributed by atoms with E-state index in [2.05, 4.69) is 24.1 Å². The molecule has 194 valence electrons. The normalized spacial score (nSPS) is 26.4. The van der Waals surface area contributed by atoms with Crippen LogP contribution in [0.3, 0.4) is 0 Å². The van der Waals surface area contributed by atoms with Crippen LogP contribution in [0.5, 0.6) is 5.75 Å². The van der Waals surface area contributed by atoms with Crippen LogP contribution in [-0.4, -0.2) is 43.3 Å². The number of amides is 1. The lowest BCUT2D eigenvalue weighted by Crippen LogP contribution is -2.53. The summed E-state index contributed by atoms with van der Waals surface area (Å²) in [7, 11) is 0. The number of alkyl carbamates (subject to hydrolysis) is 1. The van der Waals surface area contributed by atoms with Gasteiger partial charge in [0.15, 0.2) is 0 Å². The number of piperidine rings is 3. The van der Waals surface area contributed by atoms with Crippen LogP contribution in [0.2, 0.25) is 0 Å². The zero-order valence-electron chi connectivity index (χ0n) is 21.0. The van der Waals surface area contributed by atoms with Gasteiger partial charge in [0.2, 0.25) is 0 Å².